The highest BCUT2D eigenvalue weighted by Crippen LogP contribution is 2.28. The topological polar surface area (TPSA) is 78.9 Å². The van der Waals surface area contributed by atoms with Crippen LogP contribution in [0.1, 0.15) is 29.9 Å². The second kappa shape index (κ2) is 12.1. The molecule has 0 saturated carbocycles. The highest BCUT2D eigenvalue weighted by Gasteiger charge is 2.19. The summed E-state index contributed by atoms with van der Waals surface area (Å²) in [5.74, 6) is 1.10. The number of halogens is 1. The molecule has 7 heteroatoms. The summed E-state index contributed by atoms with van der Waals surface area (Å²) in [6.07, 6.45) is 5.71. The van der Waals surface area contributed by atoms with Gasteiger partial charge in [0, 0.05) is 28.3 Å². The lowest BCUT2D eigenvalue weighted by Crippen LogP contribution is -2.30. The predicted octanol–water partition coefficient (Wildman–Crippen LogP) is 4.62. The molecule has 0 aliphatic carbocycles. The Morgan fingerprint density at radius 1 is 1.30 bits per heavy atom. The van der Waals surface area contributed by atoms with Gasteiger partial charge >= 0.3 is 0 Å². The third-order valence-electron chi connectivity index (χ3n) is 4.86. The minimum absolute atomic E-state index is 0.157. The number of hydrogen-bond acceptors (Lipinski definition) is 4. The monoisotopic (exact) mass is 474 g/mol. The third kappa shape index (κ3) is 7.31. The fraction of sp³-hybridized carbons (Fsp3) is 0.304. The molecule has 0 radical (unpaired) electrons. The van der Waals surface area contributed by atoms with Crippen LogP contribution in [-0.2, 0) is 9.59 Å². The van der Waals surface area contributed by atoms with E-state index in [4.69, 9.17) is 14.6 Å². The predicted molar refractivity (Wildman–Crippen MR) is 123 cm³/mol. The van der Waals surface area contributed by atoms with E-state index in [9.17, 15) is 4.79 Å². The van der Waals surface area contributed by atoms with Crippen molar-refractivity contribution in [2.24, 2.45) is 0 Å². The van der Waals surface area contributed by atoms with E-state index >= 15 is 0 Å². The van der Waals surface area contributed by atoms with Gasteiger partial charge in [-0.2, -0.15) is 0 Å². The minimum atomic E-state index is -0.250. The SMILES string of the molecule is COc1ccc(Br)cc1/C=C/C(=O)Nc1cccc(C2CCCN(C)C2)c1.O=CO. The molecule has 0 spiro atoms. The molecule has 0 bridgehead atoms. The number of ether oxygens (including phenoxy) is 1. The zero-order chi connectivity index (χ0) is 21.9. The zero-order valence-electron chi connectivity index (χ0n) is 17.2. The number of hydrogen-bond donors (Lipinski definition) is 2. The summed E-state index contributed by atoms with van der Waals surface area (Å²) in [5, 5.41) is 9.85. The minimum Gasteiger partial charge on any atom is -0.496 e. The number of carbonyl (C=O) groups is 2. The lowest BCUT2D eigenvalue weighted by atomic mass is 9.90. The average Bonchev–Trinajstić information content (AvgIpc) is 2.73. The Kier molecular flexibility index (Phi) is 9.57. The molecule has 1 atom stereocenters. The van der Waals surface area contributed by atoms with E-state index in [1.807, 2.05) is 30.3 Å². The Labute approximate surface area is 185 Å². The molecule has 6 nitrogen and oxygen atoms in total. The average molecular weight is 475 g/mol. The molecule has 2 aromatic carbocycles. The molecule has 1 aliphatic rings. The molecule has 1 amide bonds. The molecule has 1 aliphatic heterocycles. The Balaban J connectivity index is 0.00000101. The summed E-state index contributed by atoms with van der Waals surface area (Å²) in [6.45, 7) is 1.98. The van der Waals surface area contributed by atoms with Crippen LogP contribution in [-0.4, -0.2) is 49.6 Å². The molecule has 1 fully saturated rings. The van der Waals surface area contributed by atoms with E-state index in [1.165, 1.54) is 24.5 Å². The second-order valence-electron chi connectivity index (χ2n) is 7.04. The van der Waals surface area contributed by atoms with Crippen molar-refractivity contribution >= 4 is 40.1 Å². The number of likely N-dealkylation sites (N-methyl/N-ethyl adjacent to an activating group) is 1. The number of likely N-dealkylation sites (tertiary alicyclic amines) is 1. The fourth-order valence-electron chi connectivity index (χ4n) is 3.49. The van der Waals surface area contributed by atoms with Gasteiger partial charge in [-0.1, -0.05) is 28.1 Å². The van der Waals surface area contributed by atoms with Crippen molar-refractivity contribution in [2.45, 2.75) is 18.8 Å². The molecule has 2 N–H and O–H groups in total. The largest absolute Gasteiger partial charge is 0.496 e. The van der Waals surface area contributed by atoms with Crippen LogP contribution >= 0.6 is 15.9 Å². The van der Waals surface area contributed by atoms with E-state index in [1.54, 1.807) is 13.2 Å². The van der Waals surface area contributed by atoms with Crippen molar-refractivity contribution in [3.8, 4) is 5.75 Å². The smallest absolute Gasteiger partial charge is 0.290 e. The number of anilines is 1. The van der Waals surface area contributed by atoms with Gasteiger partial charge in [0.05, 0.1) is 7.11 Å². The number of benzene rings is 2. The summed E-state index contributed by atoms with van der Waals surface area (Å²) < 4.78 is 6.27. The van der Waals surface area contributed by atoms with Crippen LogP contribution in [0.15, 0.2) is 53.0 Å². The van der Waals surface area contributed by atoms with Gasteiger partial charge in [0.1, 0.15) is 5.75 Å². The lowest BCUT2D eigenvalue weighted by Gasteiger charge is -2.30. The summed E-state index contributed by atoms with van der Waals surface area (Å²) in [6, 6.07) is 13.9. The van der Waals surface area contributed by atoms with Gasteiger partial charge in [-0.3, -0.25) is 9.59 Å². The highest BCUT2D eigenvalue weighted by molar-refractivity contribution is 9.10. The fourth-order valence-corrected chi connectivity index (χ4v) is 3.87. The van der Waals surface area contributed by atoms with Crippen LogP contribution in [0.25, 0.3) is 6.08 Å². The van der Waals surface area contributed by atoms with Gasteiger partial charge in [0.15, 0.2) is 0 Å². The van der Waals surface area contributed by atoms with Crippen molar-refractivity contribution in [2.75, 3.05) is 32.6 Å². The standard InChI is InChI=1S/C22H25BrN2O2.CH2O2/c1-25-12-4-6-18(15-25)16-5-3-7-20(14-16)24-22(26)11-8-17-13-19(23)9-10-21(17)27-2;2-1-3/h3,5,7-11,13-14,18H,4,6,12,15H2,1-2H3,(H,24,26);1H,(H,2,3)/b11-8+;. The van der Waals surface area contributed by atoms with Crippen LogP contribution < -0.4 is 10.1 Å². The van der Waals surface area contributed by atoms with Crippen LogP contribution in [0.2, 0.25) is 0 Å². The van der Waals surface area contributed by atoms with E-state index in [-0.39, 0.29) is 12.4 Å². The van der Waals surface area contributed by atoms with Gasteiger partial charge in [-0.05, 0) is 74.3 Å². The Hall–Kier alpha value is -2.64. The first-order valence-electron chi connectivity index (χ1n) is 9.65. The Morgan fingerprint density at radius 2 is 2.07 bits per heavy atom. The first-order chi connectivity index (χ1) is 14.5. The summed E-state index contributed by atoms with van der Waals surface area (Å²) in [7, 11) is 3.79. The van der Waals surface area contributed by atoms with E-state index < -0.39 is 0 Å². The van der Waals surface area contributed by atoms with Gasteiger partial charge < -0.3 is 20.1 Å². The number of amides is 1. The molecule has 0 aromatic heterocycles. The number of nitrogens with one attached hydrogen (secondary N) is 1. The number of carbonyl (C=O) groups excluding carboxylic acids is 1. The molecule has 1 unspecified atom stereocenters. The van der Waals surface area contributed by atoms with Crippen LogP contribution in [0.5, 0.6) is 5.75 Å². The maximum Gasteiger partial charge on any atom is 0.290 e. The first kappa shape index (κ1) is 23.6. The van der Waals surface area contributed by atoms with Gasteiger partial charge in [0.2, 0.25) is 5.91 Å². The number of piperidine rings is 1. The summed E-state index contributed by atoms with van der Waals surface area (Å²) >= 11 is 3.44. The molecule has 160 valence electrons. The van der Waals surface area contributed by atoms with Gasteiger partial charge in [0.25, 0.3) is 6.47 Å². The van der Waals surface area contributed by atoms with Crippen molar-refractivity contribution in [1.29, 1.82) is 0 Å². The highest BCUT2D eigenvalue weighted by atomic mass is 79.9. The second-order valence-corrected chi connectivity index (χ2v) is 7.96. The number of carboxylic acid groups (broad SMARTS) is 1. The van der Waals surface area contributed by atoms with Crippen molar-refractivity contribution in [1.82, 2.24) is 4.90 Å². The zero-order valence-corrected chi connectivity index (χ0v) is 18.8. The molecule has 2 aromatic rings. The molecule has 3 rings (SSSR count). The van der Waals surface area contributed by atoms with Gasteiger partial charge in [-0.25, -0.2) is 0 Å². The number of methoxy groups -OCH3 is 1. The van der Waals surface area contributed by atoms with E-state index in [0.29, 0.717) is 5.92 Å². The van der Waals surface area contributed by atoms with E-state index in [2.05, 4.69) is 45.3 Å². The van der Waals surface area contributed by atoms with E-state index in [0.717, 1.165) is 34.6 Å². The van der Waals surface area contributed by atoms with Crippen molar-refractivity contribution < 1.29 is 19.4 Å². The number of nitrogens with zero attached hydrogens (tertiary/aromatic N) is 1. The molecular weight excluding hydrogens is 448 g/mol. The molecule has 30 heavy (non-hydrogen) atoms. The maximum absolute atomic E-state index is 12.4. The normalized spacial score (nSPS) is 16.4. The van der Waals surface area contributed by atoms with Crippen LogP contribution in [0.3, 0.4) is 0 Å². The molecule has 1 saturated heterocycles. The first-order valence-corrected chi connectivity index (χ1v) is 10.4. The maximum atomic E-state index is 12.4. The Morgan fingerprint density at radius 3 is 2.77 bits per heavy atom. The third-order valence-corrected chi connectivity index (χ3v) is 5.35. The lowest BCUT2D eigenvalue weighted by molar-refractivity contribution is -0.122. The number of rotatable bonds is 5. The van der Waals surface area contributed by atoms with Crippen molar-refractivity contribution in [3.63, 3.8) is 0 Å². The molecular formula is C23H27BrN2O4. The van der Waals surface area contributed by atoms with Crippen molar-refractivity contribution in [3.05, 3.63) is 64.1 Å². The summed E-state index contributed by atoms with van der Waals surface area (Å²) in [4.78, 5) is 23.1. The summed E-state index contributed by atoms with van der Waals surface area (Å²) in [5.41, 5.74) is 2.97. The van der Waals surface area contributed by atoms with Crippen LogP contribution in [0, 0.1) is 0 Å². The van der Waals surface area contributed by atoms with Gasteiger partial charge in [-0.15, -0.1) is 0 Å². The quantitative estimate of drug-likeness (QED) is 0.488. The Bertz CT molecular complexity index is 885. The molecule has 1 heterocycles. The van der Waals surface area contributed by atoms with Crippen LogP contribution in [0.4, 0.5) is 5.69 Å².